The van der Waals surface area contributed by atoms with Crippen molar-refractivity contribution < 1.29 is 32.6 Å². The molecule has 47 heavy (non-hydrogen) atoms. The van der Waals surface area contributed by atoms with Crippen molar-refractivity contribution in [3.8, 4) is 5.75 Å². The first-order chi connectivity index (χ1) is 22.7. The van der Waals surface area contributed by atoms with Crippen molar-refractivity contribution in [2.45, 2.75) is 41.9 Å². The summed E-state index contributed by atoms with van der Waals surface area (Å²) in [7, 11) is -3.28. The monoisotopic (exact) mass is 657 g/mol. The number of carboxylic acid groups (broad SMARTS) is 1. The fourth-order valence-corrected chi connectivity index (χ4v) is 6.36. The van der Waals surface area contributed by atoms with Crippen LogP contribution in [0.5, 0.6) is 5.75 Å². The molecule has 0 aromatic heterocycles. The summed E-state index contributed by atoms with van der Waals surface area (Å²) in [5.41, 5.74) is 3.13. The van der Waals surface area contributed by atoms with E-state index in [4.69, 9.17) is 9.47 Å². The van der Waals surface area contributed by atoms with Gasteiger partial charge in [0, 0.05) is 31.0 Å². The SMILES string of the molecule is CS(=O)(=O)c1ccc(OC[C@@H]2CNC[C@@H](CCc3ccccc3NC(=O)C(NC(=O)O)C(c3ccccc3)c3ccccc3)O2)cc1. The first kappa shape index (κ1) is 33.6. The standard InChI is InChI=1S/C36H39N3O7S/c1-47(43,44)31-20-18-28(19-21-31)45-24-30-23-37-22-29(46-30)17-16-25-10-8-9-15-32(25)38-35(40)34(39-36(41)42)33(26-11-4-2-5-12-26)27-13-6-3-7-14-27/h2-15,18-21,29-30,33-34,37,39H,16-17,22-24H2,1H3,(H,38,40)(H,41,42)/t29-,30+,34?/m1/s1. The average molecular weight is 658 g/mol. The predicted octanol–water partition coefficient (Wildman–Crippen LogP) is 4.87. The molecule has 0 saturated carbocycles. The van der Waals surface area contributed by atoms with Crippen LogP contribution < -0.4 is 20.7 Å². The summed E-state index contributed by atoms with van der Waals surface area (Å²) in [4.78, 5) is 26.1. The van der Waals surface area contributed by atoms with Gasteiger partial charge in [-0.1, -0.05) is 78.9 Å². The van der Waals surface area contributed by atoms with E-state index in [1.54, 1.807) is 12.1 Å². The minimum Gasteiger partial charge on any atom is -0.491 e. The molecule has 4 N–H and O–H groups in total. The van der Waals surface area contributed by atoms with Crippen molar-refractivity contribution in [1.29, 1.82) is 0 Å². The highest BCUT2D eigenvalue weighted by molar-refractivity contribution is 7.90. The summed E-state index contributed by atoms with van der Waals surface area (Å²) in [6.45, 7) is 1.58. The van der Waals surface area contributed by atoms with Gasteiger partial charge in [0.25, 0.3) is 0 Å². The van der Waals surface area contributed by atoms with Crippen molar-refractivity contribution in [2.75, 3.05) is 31.3 Å². The summed E-state index contributed by atoms with van der Waals surface area (Å²) in [6, 6.07) is 31.5. The lowest BCUT2D eigenvalue weighted by Gasteiger charge is -2.31. The quantitative estimate of drug-likeness (QED) is 0.160. The Morgan fingerprint density at radius 1 is 0.872 bits per heavy atom. The molecule has 1 unspecified atom stereocenters. The summed E-state index contributed by atoms with van der Waals surface area (Å²) in [5.74, 6) is -0.459. The molecule has 10 nitrogen and oxygen atoms in total. The van der Waals surface area contributed by atoms with Gasteiger partial charge in [0.05, 0.1) is 11.0 Å². The second-order valence-electron chi connectivity index (χ2n) is 11.5. The Balaban J connectivity index is 1.23. The molecular weight excluding hydrogens is 618 g/mol. The second kappa shape index (κ2) is 15.7. The van der Waals surface area contributed by atoms with Gasteiger partial charge >= 0.3 is 6.09 Å². The summed E-state index contributed by atoms with van der Waals surface area (Å²) >= 11 is 0. The molecule has 1 heterocycles. The van der Waals surface area contributed by atoms with Crippen LogP contribution in [0, 0.1) is 0 Å². The van der Waals surface area contributed by atoms with Crippen molar-refractivity contribution in [3.05, 3.63) is 126 Å². The summed E-state index contributed by atoms with van der Waals surface area (Å²) < 4.78 is 35.6. The molecule has 1 aliphatic rings. The Morgan fingerprint density at radius 3 is 2.09 bits per heavy atom. The van der Waals surface area contributed by atoms with Crippen LogP contribution in [-0.4, -0.2) is 69.7 Å². The lowest BCUT2D eigenvalue weighted by atomic mass is 9.84. The van der Waals surface area contributed by atoms with Gasteiger partial charge in [-0.25, -0.2) is 13.2 Å². The number of para-hydroxylation sites is 1. The molecule has 3 atom stereocenters. The highest BCUT2D eigenvalue weighted by atomic mass is 32.2. The number of hydrogen-bond acceptors (Lipinski definition) is 7. The van der Waals surface area contributed by atoms with E-state index in [-0.39, 0.29) is 17.1 Å². The number of ether oxygens (including phenoxy) is 2. The third-order valence-electron chi connectivity index (χ3n) is 8.04. The molecule has 4 aromatic rings. The molecule has 5 rings (SSSR count). The van der Waals surface area contributed by atoms with E-state index in [1.165, 1.54) is 12.1 Å². The maximum absolute atomic E-state index is 13.9. The van der Waals surface area contributed by atoms with Gasteiger partial charge in [0.15, 0.2) is 9.84 Å². The number of carbonyl (C=O) groups excluding carboxylic acids is 1. The highest BCUT2D eigenvalue weighted by Crippen LogP contribution is 2.30. The molecule has 246 valence electrons. The van der Waals surface area contributed by atoms with Crippen LogP contribution in [0.2, 0.25) is 0 Å². The Labute approximate surface area is 275 Å². The minimum atomic E-state index is -3.28. The van der Waals surface area contributed by atoms with E-state index < -0.39 is 33.8 Å². The van der Waals surface area contributed by atoms with Crippen LogP contribution >= 0.6 is 0 Å². The topological polar surface area (TPSA) is 143 Å². The Hall–Kier alpha value is -4.71. The molecule has 0 aliphatic carbocycles. The Kier molecular flexibility index (Phi) is 11.3. The Morgan fingerprint density at radius 2 is 1.47 bits per heavy atom. The van der Waals surface area contributed by atoms with E-state index in [1.807, 2.05) is 84.9 Å². The normalized spacial score (nSPS) is 17.1. The van der Waals surface area contributed by atoms with Gasteiger partial charge in [-0.05, 0) is 59.9 Å². The van der Waals surface area contributed by atoms with Gasteiger partial charge in [0.1, 0.15) is 24.5 Å². The van der Waals surface area contributed by atoms with Gasteiger partial charge < -0.3 is 30.5 Å². The molecule has 11 heteroatoms. The number of hydrogen-bond donors (Lipinski definition) is 4. The minimum absolute atomic E-state index is 0.101. The summed E-state index contributed by atoms with van der Waals surface area (Å²) in [6.07, 6.45) is 0.859. The molecule has 1 saturated heterocycles. The van der Waals surface area contributed by atoms with E-state index >= 15 is 0 Å². The smallest absolute Gasteiger partial charge is 0.405 e. The molecule has 4 aromatic carbocycles. The predicted molar refractivity (Wildman–Crippen MR) is 180 cm³/mol. The van der Waals surface area contributed by atoms with Gasteiger partial charge in [-0.3, -0.25) is 4.79 Å². The lowest BCUT2D eigenvalue weighted by Crippen LogP contribution is -2.47. The first-order valence-electron chi connectivity index (χ1n) is 15.4. The summed E-state index contributed by atoms with van der Waals surface area (Å²) in [5, 5.41) is 18.6. The van der Waals surface area contributed by atoms with E-state index in [0.29, 0.717) is 44.0 Å². The number of sulfone groups is 1. The fourth-order valence-electron chi connectivity index (χ4n) is 5.73. The van der Waals surface area contributed by atoms with E-state index in [9.17, 15) is 23.1 Å². The second-order valence-corrected chi connectivity index (χ2v) is 13.5. The zero-order chi connectivity index (χ0) is 33.2. The molecule has 2 amide bonds. The molecule has 0 bridgehead atoms. The number of nitrogens with one attached hydrogen (secondary N) is 3. The van der Waals surface area contributed by atoms with Crippen LogP contribution in [0.4, 0.5) is 10.5 Å². The van der Waals surface area contributed by atoms with Crippen molar-refractivity contribution >= 4 is 27.5 Å². The number of benzene rings is 4. The van der Waals surface area contributed by atoms with Gasteiger partial charge in [0.2, 0.25) is 5.91 Å². The highest BCUT2D eigenvalue weighted by Gasteiger charge is 2.33. The van der Waals surface area contributed by atoms with Crippen LogP contribution in [0.25, 0.3) is 0 Å². The van der Waals surface area contributed by atoms with Crippen LogP contribution in [0.15, 0.2) is 114 Å². The maximum Gasteiger partial charge on any atom is 0.405 e. The van der Waals surface area contributed by atoms with Crippen molar-refractivity contribution in [1.82, 2.24) is 10.6 Å². The zero-order valence-corrected chi connectivity index (χ0v) is 26.9. The molecule has 0 radical (unpaired) electrons. The zero-order valence-electron chi connectivity index (χ0n) is 26.0. The average Bonchev–Trinajstić information content (AvgIpc) is 3.07. The first-order valence-corrected chi connectivity index (χ1v) is 17.3. The number of rotatable bonds is 13. The third-order valence-corrected chi connectivity index (χ3v) is 9.17. The number of anilines is 1. The number of amides is 2. The van der Waals surface area contributed by atoms with E-state index in [2.05, 4.69) is 16.0 Å². The van der Waals surface area contributed by atoms with Crippen molar-refractivity contribution in [2.24, 2.45) is 0 Å². The molecule has 1 fully saturated rings. The van der Waals surface area contributed by atoms with Crippen molar-refractivity contribution in [3.63, 3.8) is 0 Å². The van der Waals surface area contributed by atoms with Gasteiger partial charge in [-0.2, -0.15) is 0 Å². The number of carbonyl (C=O) groups is 2. The maximum atomic E-state index is 13.9. The van der Waals surface area contributed by atoms with Crippen LogP contribution in [-0.2, 0) is 25.8 Å². The molecule has 0 spiro atoms. The number of aryl methyl sites for hydroxylation is 1. The van der Waals surface area contributed by atoms with Crippen LogP contribution in [0.3, 0.4) is 0 Å². The Bertz CT molecular complexity index is 1700. The molecular formula is C36H39N3O7S. The number of morpholine rings is 1. The molecule has 1 aliphatic heterocycles. The lowest BCUT2D eigenvalue weighted by molar-refractivity contribution is -0.118. The van der Waals surface area contributed by atoms with Gasteiger partial charge in [-0.15, -0.1) is 0 Å². The van der Waals surface area contributed by atoms with Crippen LogP contribution in [0.1, 0.15) is 29.0 Å². The third kappa shape index (κ3) is 9.41. The largest absolute Gasteiger partial charge is 0.491 e. The fraction of sp³-hybridized carbons (Fsp3) is 0.278. The van der Waals surface area contributed by atoms with E-state index in [0.717, 1.165) is 22.9 Å².